The van der Waals surface area contributed by atoms with Crippen molar-refractivity contribution >= 4 is 17.7 Å². The van der Waals surface area contributed by atoms with Crippen molar-refractivity contribution in [2.45, 2.75) is 6.04 Å². The molecule has 1 amide bonds. The van der Waals surface area contributed by atoms with Crippen LogP contribution in [0, 0.1) is 0 Å². The molecule has 0 saturated carbocycles. The summed E-state index contributed by atoms with van der Waals surface area (Å²) < 4.78 is 0. The zero-order chi connectivity index (χ0) is 13.2. The third-order valence-electron chi connectivity index (χ3n) is 3.27. The number of anilines is 1. The van der Waals surface area contributed by atoms with E-state index in [1.807, 2.05) is 60.7 Å². The van der Waals surface area contributed by atoms with E-state index in [1.165, 1.54) is 0 Å². The molecule has 0 spiro atoms. The lowest BCUT2D eigenvalue weighted by molar-refractivity contribution is -0.113. The molecule has 0 bridgehead atoms. The maximum atomic E-state index is 12.2. The fourth-order valence-electron chi connectivity index (χ4n) is 2.28. The van der Waals surface area contributed by atoms with E-state index in [4.69, 9.17) is 5.73 Å². The molecule has 3 rings (SSSR count). The number of hydrogen-bond donors (Lipinski definition) is 2. The molecule has 3 heteroatoms. The molecule has 1 unspecified atom stereocenters. The highest BCUT2D eigenvalue weighted by Gasteiger charge is 2.26. The highest BCUT2D eigenvalue weighted by molar-refractivity contribution is 6.09. The van der Waals surface area contributed by atoms with Gasteiger partial charge in [-0.05, 0) is 29.3 Å². The van der Waals surface area contributed by atoms with E-state index in [9.17, 15) is 4.79 Å². The lowest BCUT2D eigenvalue weighted by atomic mass is 10.0. The summed E-state index contributed by atoms with van der Waals surface area (Å²) in [6.45, 7) is 0. The molecule has 0 aliphatic heterocycles. The van der Waals surface area contributed by atoms with Crippen molar-refractivity contribution in [3.05, 3.63) is 71.3 Å². The van der Waals surface area contributed by atoms with Crippen LogP contribution in [0.5, 0.6) is 0 Å². The molecule has 1 aliphatic carbocycles. The molecule has 94 valence electrons. The Labute approximate surface area is 111 Å². The van der Waals surface area contributed by atoms with Gasteiger partial charge < -0.3 is 11.1 Å². The van der Waals surface area contributed by atoms with Crippen LogP contribution in [0.1, 0.15) is 17.2 Å². The van der Waals surface area contributed by atoms with Crippen molar-refractivity contribution in [2.75, 3.05) is 5.32 Å². The van der Waals surface area contributed by atoms with Gasteiger partial charge in [-0.2, -0.15) is 0 Å². The number of hydrogen-bond acceptors (Lipinski definition) is 2. The van der Waals surface area contributed by atoms with Crippen molar-refractivity contribution in [1.29, 1.82) is 0 Å². The molecular formula is C16H14N2O. The Morgan fingerprint density at radius 1 is 1.00 bits per heavy atom. The Bertz CT molecular complexity index is 647. The molecule has 19 heavy (non-hydrogen) atoms. The predicted molar refractivity (Wildman–Crippen MR) is 76.4 cm³/mol. The van der Waals surface area contributed by atoms with Crippen LogP contribution in [0.2, 0.25) is 0 Å². The van der Waals surface area contributed by atoms with Gasteiger partial charge in [0.1, 0.15) is 0 Å². The van der Waals surface area contributed by atoms with E-state index in [2.05, 4.69) is 5.32 Å². The first-order valence-electron chi connectivity index (χ1n) is 6.18. The van der Waals surface area contributed by atoms with Crippen LogP contribution < -0.4 is 11.1 Å². The largest absolute Gasteiger partial charge is 0.322 e. The van der Waals surface area contributed by atoms with Crippen molar-refractivity contribution in [3.8, 4) is 0 Å². The van der Waals surface area contributed by atoms with Gasteiger partial charge in [0.2, 0.25) is 0 Å². The molecule has 3 nitrogen and oxygen atoms in total. The second-order valence-electron chi connectivity index (χ2n) is 4.53. The minimum Gasteiger partial charge on any atom is -0.322 e. The van der Waals surface area contributed by atoms with E-state index in [-0.39, 0.29) is 11.9 Å². The molecule has 0 fully saturated rings. The second-order valence-corrected chi connectivity index (χ2v) is 4.53. The molecule has 3 N–H and O–H groups in total. The Morgan fingerprint density at radius 3 is 2.42 bits per heavy atom. The van der Waals surface area contributed by atoms with Gasteiger partial charge in [-0.25, -0.2) is 0 Å². The summed E-state index contributed by atoms with van der Waals surface area (Å²) in [4.78, 5) is 12.2. The number of fused-ring (bicyclic) bond motifs is 1. The SMILES string of the molecule is NC1C(C(=O)Nc2ccccc2)=Cc2ccccc21. The monoisotopic (exact) mass is 250 g/mol. The van der Waals surface area contributed by atoms with Crippen LogP contribution >= 0.6 is 0 Å². The van der Waals surface area contributed by atoms with Gasteiger partial charge in [0.05, 0.1) is 6.04 Å². The first kappa shape index (κ1) is 11.7. The zero-order valence-corrected chi connectivity index (χ0v) is 10.3. The van der Waals surface area contributed by atoms with E-state index in [0.29, 0.717) is 5.57 Å². The minimum atomic E-state index is -0.347. The smallest absolute Gasteiger partial charge is 0.253 e. The van der Waals surface area contributed by atoms with Crippen LogP contribution in [-0.4, -0.2) is 5.91 Å². The summed E-state index contributed by atoms with van der Waals surface area (Å²) in [5.41, 5.74) is 9.51. The summed E-state index contributed by atoms with van der Waals surface area (Å²) in [5.74, 6) is -0.144. The van der Waals surface area contributed by atoms with Gasteiger partial charge in [0.15, 0.2) is 0 Å². The Balaban J connectivity index is 1.83. The third kappa shape index (κ3) is 2.16. The first-order valence-corrected chi connectivity index (χ1v) is 6.18. The zero-order valence-electron chi connectivity index (χ0n) is 10.3. The van der Waals surface area contributed by atoms with Gasteiger partial charge in [0, 0.05) is 11.3 Å². The molecule has 0 saturated heterocycles. The topological polar surface area (TPSA) is 55.1 Å². The van der Waals surface area contributed by atoms with E-state index < -0.39 is 0 Å². The maximum Gasteiger partial charge on any atom is 0.253 e. The normalized spacial score (nSPS) is 16.7. The maximum absolute atomic E-state index is 12.2. The number of carbonyl (C=O) groups is 1. The molecule has 1 aliphatic rings. The second kappa shape index (κ2) is 4.71. The van der Waals surface area contributed by atoms with Crippen molar-refractivity contribution in [1.82, 2.24) is 0 Å². The molecule has 0 aromatic heterocycles. The number of amides is 1. The van der Waals surface area contributed by atoms with E-state index in [1.54, 1.807) is 0 Å². The van der Waals surface area contributed by atoms with Crippen LogP contribution in [0.3, 0.4) is 0 Å². The average molecular weight is 250 g/mol. The molecular weight excluding hydrogens is 236 g/mol. The molecule has 2 aromatic carbocycles. The van der Waals surface area contributed by atoms with Gasteiger partial charge >= 0.3 is 0 Å². The first-order chi connectivity index (χ1) is 9.25. The highest BCUT2D eigenvalue weighted by atomic mass is 16.1. The fourth-order valence-corrected chi connectivity index (χ4v) is 2.28. The van der Waals surface area contributed by atoms with Crippen LogP contribution in [0.15, 0.2) is 60.2 Å². The molecule has 0 heterocycles. The third-order valence-corrected chi connectivity index (χ3v) is 3.27. The summed E-state index contributed by atoms with van der Waals surface area (Å²) in [6, 6.07) is 16.8. The summed E-state index contributed by atoms with van der Waals surface area (Å²) in [7, 11) is 0. The number of benzene rings is 2. The average Bonchev–Trinajstić information content (AvgIpc) is 2.78. The lowest BCUT2D eigenvalue weighted by Gasteiger charge is -2.11. The lowest BCUT2D eigenvalue weighted by Crippen LogP contribution is -2.21. The van der Waals surface area contributed by atoms with Crippen molar-refractivity contribution in [3.63, 3.8) is 0 Å². The van der Waals surface area contributed by atoms with Gasteiger partial charge in [-0.15, -0.1) is 0 Å². The predicted octanol–water partition coefficient (Wildman–Crippen LogP) is 2.72. The van der Waals surface area contributed by atoms with Gasteiger partial charge in [-0.3, -0.25) is 4.79 Å². The minimum absolute atomic E-state index is 0.144. The van der Waals surface area contributed by atoms with E-state index >= 15 is 0 Å². The van der Waals surface area contributed by atoms with Crippen LogP contribution in [-0.2, 0) is 4.79 Å². The van der Waals surface area contributed by atoms with Crippen molar-refractivity contribution < 1.29 is 4.79 Å². The molecule has 2 aromatic rings. The number of para-hydroxylation sites is 1. The van der Waals surface area contributed by atoms with Gasteiger partial charge in [0.25, 0.3) is 5.91 Å². The Hall–Kier alpha value is -2.39. The van der Waals surface area contributed by atoms with Crippen molar-refractivity contribution in [2.24, 2.45) is 5.73 Å². The summed E-state index contributed by atoms with van der Waals surface area (Å²) >= 11 is 0. The number of rotatable bonds is 2. The number of nitrogens with one attached hydrogen (secondary N) is 1. The quantitative estimate of drug-likeness (QED) is 0.861. The van der Waals surface area contributed by atoms with Gasteiger partial charge in [-0.1, -0.05) is 42.5 Å². The standard InChI is InChI=1S/C16H14N2O/c17-15-13-9-5-4-6-11(13)10-14(15)16(19)18-12-7-2-1-3-8-12/h1-10,15H,17H2,(H,18,19). The number of nitrogens with two attached hydrogens (primary N) is 1. The Morgan fingerprint density at radius 2 is 1.68 bits per heavy atom. The van der Waals surface area contributed by atoms with Crippen LogP contribution in [0.25, 0.3) is 6.08 Å². The van der Waals surface area contributed by atoms with Crippen LogP contribution in [0.4, 0.5) is 5.69 Å². The van der Waals surface area contributed by atoms with E-state index in [0.717, 1.165) is 16.8 Å². The highest BCUT2D eigenvalue weighted by Crippen LogP contribution is 2.32. The summed E-state index contributed by atoms with van der Waals surface area (Å²) in [5, 5.41) is 2.86. The fraction of sp³-hybridized carbons (Fsp3) is 0.0625. The molecule has 0 radical (unpaired) electrons. The Kier molecular flexibility index (Phi) is 2.89. The number of carbonyl (C=O) groups excluding carboxylic acids is 1. The summed E-state index contributed by atoms with van der Waals surface area (Å²) in [6.07, 6.45) is 1.86. The molecule has 1 atom stereocenters.